The Kier molecular flexibility index (Phi) is 2.77. The van der Waals surface area contributed by atoms with Gasteiger partial charge < -0.3 is 0 Å². The summed E-state index contributed by atoms with van der Waals surface area (Å²) >= 11 is 0. The van der Waals surface area contributed by atoms with Crippen LogP contribution < -0.4 is 0 Å². The standard InChI is InChI=1S/C16H14N2/c1-12-2-5-16(18-10-12)9-13-3-4-15-11-17-7-6-14(15)8-13/h2-8,10-11H,9H2,1H3. The molecule has 1 aromatic carbocycles. The van der Waals surface area contributed by atoms with E-state index in [1.807, 2.05) is 24.7 Å². The normalized spacial score (nSPS) is 10.7. The molecule has 0 aliphatic carbocycles. The Morgan fingerprint density at radius 1 is 0.944 bits per heavy atom. The average Bonchev–Trinajstić information content (AvgIpc) is 2.41. The number of hydrogen-bond acceptors (Lipinski definition) is 2. The van der Waals surface area contributed by atoms with Gasteiger partial charge in [0.05, 0.1) is 0 Å². The van der Waals surface area contributed by atoms with Crippen LogP contribution in [0, 0.1) is 6.92 Å². The van der Waals surface area contributed by atoms with Crippen molar-refractivity contribution in [3.05, 3.63) is 71.8 Å². The molecule has 0 fully saturated rings. The molecule has 2 nitrogen and oxygen atoms in total. The Balaban J connectivity index is 1.92. The van der Waals surface area contributed by atoms with Gasteiger partial charge in [-0.05, 0) is 35.6 Å². The van der Waals surface area contributed by atoms with Gasteiger partial charge in [-0.2, -0.15) is 0 Å². The zero-order chi connectivity index (χ0) is 12.4. The molecule has 0 spiro atoms. The lowest BCUT2D eigenvalue weighted by Crippen LogP contribution is -1.92. The number of hydrogen-bond donors (Lipinski definition) is 0. The third kappa shape index (κ3) is 2.23. The second kappa shape index (κ2) is 4.57. The van der Waals surface area contributed by atoms with Crippen molar-refractivity contribution in [3.8, 4) is 0 Å². The summed E-state index contributed by atoms with van der Waals surface area (Å²) in [4.78, 5) is 8.57. The highest BCUT2D eigenvalue weighted by atomic mass is 14.7. The van der Waals surface area contributed by atoms with E-state index in [0.29, 0.717) is 0 Å². The van der Waals surface area contributed by atoms with Crippen molar-refractivity contribution in [2.24, 2.45) is 0 Å². The Morgan fingerprint density at radius 2 is 1.89 bits per heavy atom. The quantitative estimate of drug-likeness (QED) is 0.678. The second-order valence-corrected chi connectivity index (χ2v) is 4.56. The molecule has 0 radical (unpaired) electrons. The molecule has 2 heterocycles. The summed E-state index contributed by atoms with van der Waals surface area (Å²) in [7, 11) is 0. The van der Waals surface area contributed by atoms with Crippen molar-refractivity contribution >= 4 is 10.8 Å². The molecule has 2 heteroatoms. The highest BCUT2D eigenvalue weighted by Crippen LogP contribution is 2.16. The molecule has 2 aromatic heterocycles. The minimum absolute atomic E-state index is 0.874. The minimum atomic E-state index is 0.874. The highest BCUT2D eigenvalue weighted by molar-refractivity contribution is 5.82. The molecule has 0 aliphatic rings. The Morgan fingerprint density at radius 3 is 2.72 bits per heavy atom. The van der Waals surface area contributed by atoms with Crippen LogP contribution in [0.5, 0.6) is 0 Å². The predicted molar refractivity (Wildman–Crippen MR) is 73.5 cm³/mol. The third-order valence-corrected chi connectivity index (χ3v) is 3.06. The van der Waals surface area contributed by atoms with Crippen molar-refractivity contribution < 1.29 is 0 Å². The molecule has 0 atom stereocenters. The lowest BCUT2D eigenvalue weighted by Gasteiger charge is -2.03. The summed E-state index contributed by atoms with van der Waals surface area (Å²) in [5.41, 5.74) is 3.59. The van der Waals surface area contributed by atoms with Crippen LogP contribution in [0.3, 0.4) is 0 Å². The van der Waals surface area contributed by atoms with E-state index in [-0.39, 0.29) is 0 Å². The fraction of sp³-hybridized carbons (Fsp3) is 0.125. The molecular weight excluding hydrogens is 220 g/mol. The second-order valence-electron chi connectivity index (χ2n) is 4.56. The fourth-order valence-corrected chi connectivity index (χ4v) is 2.05. The van der Waals surface area contributed by atoms with E-state index in [4.69, 9.17) is 0 Å². The topological polar surface area (TPSA) is 25.8 Å². The number of nitrogens with zero attached hydrogens (tertiary/aromatic N) is 2. The van der Waals surface area contributed by atoms with Crippen LogP contribution in [-0.2, 0) is 6.42 Å². The van der Waals surface area contributed by atoms with Gasteiger partial charge in [0.15, 0.2) is 0 Å². The first-order valence-electron chi connectivity index (χ1n) is 6.05. The summed E-state index contributed by atoms with van der Waals surface area (Å²) in [6, 6.07) is 12.7. The SMILES string of the molecule is Cc1ccc(Cc2ccc3cnccc3c2)nc1. The molecule has 0 unspecified atom stereocenters. The van der Waals surface area contributed by atoms with Gasteiger partial charge in [0, 0.05) is 36.1 Å². The summed E-state index contributed by atoms with van der Waals surface area (Å²) < 4.78 is 0. The number of pyridine rings is 2. The average molecular weight is 234 g/mol. The van der Waals surface area contributed by atoms with Gasteiger partial charge in [0.25, 0.3) is 0 Å². The van der Waals surface area contributed by atoms with E-state index in [0.717, 1.165) is 12.1 Å². The molecule has 3 rings (SSSR count). The molecule has 3 aromatic rings. The van der Waals surface area contributed by atoms with E-state index < -0.39 is 0 Å². The van der Waals surface area contributed by atoms with Crippen molar-refractivity contribution in [2.45, 2.75) is 13.3 Å². The number of benzene rings is 1. The Hall–Kier alpha value is -2.22. The lowest BCUT2D eigenvalue weighted by atomic mass is 10.0. The molecule has 0 N–H and O–H groups in total. The smallest absolute Gasteiger partial charge is 0.0447 e. The van der Waals surface area contributed by atoms with Crippen molar-refractivity contribution in [2.75, 3.05) is 0 Å². The minimum Gasteiger partial charge on any atom is -0.264 e. The molecule has 0 aliphatic heterocycles. The van der Waals surface area contributed by atoms with Gasteiger partial charge in [-0.3, -0.25) is 9.97 Å². The van der Waals surface area contributed by atoms with Gasteiger partial charge in [0.2, 0.25) is 0 Å². The van der Waals surface area contributed by atoms with E-state index in [1.165, 1.54) is 21.9 Å². The zero-order valence-corrected chi connectivity index (χ0v) is 10.3. The van der Waals surface area contributed by atoms with Crippen LogP contribution >= 0.6 is 0 Å². The van der Waals surface area contributed by atoms with Crippen LogP contribution in [0.2, 0.25) is 0 Å². The molecule has 88 valence electrons. The van der Waals surface area contributed by atoms with Crippen LogP contribution in [0.4, 0.5) is 0 Å². The molecular formula is C16H14N2. The maximum absolute atomic E-state index is 4.44. The maximum Gasteiger partial charge on any atom is 0.0447 e. The monoisotopic (exact) mass is 234 g/mol. The van der Waals surface area contributed by atoms with Gasteiger partial charge in [-0.25, -0.2) is 0 Å². The number of fused-ring (bicyclic) bond motifs is 1. The third-order valence-electron chi connectivity index (χ3n) is 3.06. The van der Waals surface area contributed by atoms with Crippen molar-refractivity contribution in [1.82, 2.24) is 9.97 Å². The largest absolute Gasteiger partial charge is 0.264 e. The molecule has 18 heavy (non-hydrogen) atoms. The van der Waals surface area contributed by atoms with Crippen molar-refractivity contribution in [3.63, 3.8) is 0 Å². The van der Waals surface area contributed by atoms with Gasteiger partial charge in [0.1, 0.15) is 0 Å². The van der Waals surface area contributed by atoms with Gasteiger partial charge in [-0.15, -0.1) is 0 Å². The fourth-order valence-electron chi connectivity index (χ4n) is 2.05. The van der Waals surface area contributed by atoms with Gasteiger partial charge >= 0.3 is 0 Å². The van der Waals surface area contributed by atoms with E-state index in [1.54, 1.807) is 0 Å². The summed E-state index contributed by atoms with van der Waals surface area (Å²) in [6.07, 6.45) is 6.51. The molecule has 0 bridgehead atoms. The summed E-state index contributed by atoms with van der Waals surface area (Å²) in [5.74, 6) is 0. The van der Waals surface area contributed by atoms with Crippen LogP contribution in [0.25, 0.3) is 10.8 Å². The van der Waals surface area contributed by atoms with Gasteiger partial charge in [-0.1, -0.05) is 24.3 Å². The van der Waals surface area contributed by atoms with Crippen LogP contribution in [0.1, 0.15) is 16.8 Å². The molecule has 0 amide bonds. The first-order valence-corrected chi connectivity index (χ1v) is 6.05. The van der Waals surface area contributed by atoms with Crippen molar-refractivity contribution in [1.29, 1.82) is 0 Å². The first-order chi connectivity index (χ1) is 8.81. The summed E-state index contributed by atoms with van der Waals surface area (Å²) in [5, 5.41) is 2.41. The Bertz CT molecular complexity index is 672. The number of rotatable bonds is 2. The molecule has 0 saturated heterocycles. The highest BCUT2D eigenvalue weighted by Gasteiger charge is 1.99. The van der Waals surface area contributed by atoms with E-state index in [2.05, 4.69) is 47.2 Å². The van der Waals surface area contributed by atoms with Crippen LogP contribution in [-0.4, -0.2) is 9.97 Å². The summed E-state index contributed by atoms with van der Waals surface area (Å²) in [6.45, 7) is 2.06. The maximum atomic E-state index is 4.44. The number of aromatic nitrogens is 2. The van der Waals surface area contributed by atoms with Crippen LogP contribution in [0.15, 0.2) is 55.0 Å². The lowest BCUT2D eigenvalue weighted by molar-refractivity contribution is 1.06. The zero-order valence-electron chi connectivity index (χ0n) is 10.3. The Labute approximate surface area is 106 Å². The van der Waals surface area contributed by atoms with E-state index >= 15 is 0 Å². The predicted octanol–water partition coefficient (Wildman–Crippen LogP) is 3.53. The number of aryl methyl sites for hydroxylation is 1. The molecule has 0 saturated carbocycles. The first kappa shape index (κ1) is 10.9. The van der Waals surface area contributed by atoms with E-state index in [9.17, 15) is 0 Å².